The third-order valence-corrected chi connectivity index (χ3v) is 3.60. The average molecular weight is 257 g/mol. The van der Waals surface area contributed by atoms with Crippen molar-refractivity contribution in [2.24, 2.45) is 5.73 Å². The molecule has 19 heavy (non-hydrogen) atoms. The van der Waals surface area contributed by atoms with Crippen LogP contribution in [0, 0.1) is 0 Å². The molecule has 1 aliphatic heterocycles. The van der Waals surface area contributed by atoms with Crippen molar-refractivity contribution in [2.45, 2.75) is 19.3 Å². The maximum absolute atomic E-state index is 6.15. The molecule has 1 saturated heterocycles. The van der Waals surface area contributed by atoms with Crippen LogP contribution >= 0.6 is 0 Å². The van der Waals surface area contributed by atoms with Gasteiger partial charge in [0.2, 0.25) is 0 Å². The van der Waals surface area contributed by atoms with Crippen molar-refractivity contribution in [2.75, 3.05) is 20.1 Å². The number of nitrogens with two attached hydrogens (primary N) is 1. The van der Waals surface area contributed by atoms with Crippen molar-refractivity contribution in [3.63, 3.8) is 0 Å². The molecule has 1 fully saturated rings. The Morgan fingerprint density at radius 1 is 1.16 bits per heavy atom. The molecular formula is C16H23N3. The Kier molecular flexibility index (Phi) is 4.50. The number of benzene rings is 1. The van der Waals surface area contributed by atoms with E-state index in [9.17, 15) is 0 Å². The van der Waals surface area contributed by atoms with Gasteiger partial charge >= 0.3 is 0 Å². The van der Waals surface area contributed by atoms with E-state index < -0.39 is 0 Å². The molecule has 0 saturated carbocycles. The zero-order chi connectivity index (χ0) is 13.7. The van der Waals surface area contributed by atoms with Gasteiger partial charge in [-0.15, -0.1) is 0 Å². The molecule has 0 aromatic heterocycles. The fourth-order valence-corrected chi connectivity index (χ4v) is 2.54. The summed E-state index contributed by atoms with van der Waals surface area (Å²) in [5.41, 5.74) is 9.32. The van der Waals surface area contributed by atoms with Crippen molar-refractivity contribution in [1.29, 1.82) is 0 Å². The number of hydrogen-bond donors (Lipinski definition) is 2. The molecule has 1 heterocycles. The minimum Gasteiger partial charge on any atom is -0.384 e. The fraction of sp³-hybridized carbons (Fsp3) is 0.375. The average Bonchev–Trinajstić information content (AvgIpc) is 2.49. The first-order valence-electron chi connectivity index (χ1n) is 6.91. The zero-order valence-corrected chi connectivity index (χ0v) is 11.7. The lowest BCUT2D eigenvalue weighted by Gasteiger charge is -2.33. The number of hydrogen-bond acceptors (Lipinski definition) is 3. The number of nitrogens with one attached hydrogen (secondary N) is 1. The van der Waals surface area contributed by atoms with Crippen LogP contribution in [0.3, 0.4) is 0 Å². The van der Waals surface area contributed by atoms with Crippen LogP contribution in [0.5, 0.6) is 0 Å². The summed E-state index contributed by atoms with van der Waals surface area (Å²) in [6.45, 7) is 6.37. The van der Waals surface area contributed by atoms with Crippen molar-refractivity contribution in [3.8, 4) is 0 Å². The molecule has 0 spiro atoms. The van der Waals surface area contributed by atoms with Crippen LogP contribution in [0.1, 0.15) is 24.8 Å². The minimum atomic E-state index is 0.704. The van der Waals surface area contributed by atoms with Gasteiger partial charge in [-0.05, 0) is 24.8 Å². The molecule has 0 atom stereocenters. The zero-order valence-electron chi connectivity index (χ0n) is 11.7. The van der Waals surface area contributed by atoms with Gasteiger partial charge < -0.3 is 16.0 Å². The Labute approximate surface area is 115 Å². The second kappa shape index (κ2) is 6.32. The molecule has 3 N–H and O–H groups in total. The number of rotatable bonds is 4. The van der Waals surface area contributed by atoms with Crippen LogP contribution in [-0.4, -0.2) is 25.0 Å². The van der Waals surface area contributed by atoms with Gasteiger partial charge in [0.15, 0.2) is 0 Å². The molecule has 0 radical (unpaired) electrons. The Hall–Kier alpha value is -1.90. The van der Waals surface area contributed by atoms with Gasteiger partial charge in [-0.1, -0.05) is 36.9 Å². The SMILES string of the molecule is C=C(/C(=C(/N)NC)N1CCCCC1)c1ccccc1. The highest BCUT2D eigenvalue weighted by Gasteiger charge is 2.19. The second-order valence-electron chi connectivity index (χ2n) is 4.90. The van der Waals surface area contributed by atoms with Crippen LogP contribution in [-0.2, 0) is 0 Å². The highest BCUT2D eigenvalue weighted by Crippen LogP contribution is 2.27. The topological polar surface area (TPSA) is 41.3 Å². The van der Waals surface area contributed by atoms with Gasteiger partial charge in [0, 0.05) is 25.7 Å². The summed E-state index contributed by atoms with van der Waals surface area (Å²) in [5, 5.41) is 3.07. The second-order valence-corrected chi connectivity index (χ2v) is 4.90. The van der Waals surface area contributed by atoms with Crippen molar-refractivity contribution < 1.29 is 0 Å². The normalized spacial score (nSPS) is 16.8. The first kappa shape index (κ1) is 13.5. The van der Waals surface area contributed by atoms with Crippen LogP contribution in [0.25, 0.3) is 5.57 Å². The standard InChI is InChI=1S/C16H23N3/c1-13(14-9-5-3-6-10-14)15(16(17)18-2)19-11-7-4-8-12-19/h3,5-6,9-10,18H,1,4,7-8,11-12,17H2,2H3/b16-15+. The molecule has 1 aromatic rings. The molecule has 0 amide bonds. The molecular weight excluding hydrogens is 234 g/mol. The summed E-state index contributed by atoms with van der Waals surface area (Å²) >= 11 is 0. The quantitative estimate of drug-likeness (QED) is 0.814. The Bertz CT molecular complexity index is 456. The van der Waals surface area contributed by atoms with E-state index in [1.807, 2.05) is 25.2 Å². The molecule has 102 valence electrons. The van der Waals surface area contributed by atoms with E-state index in [0.29, 0.717) is 5.82 Å². The van der Waals surface area contributed by atoms with Crippen LogP contribution < -0.4 is 11.1 Å². The van der Waals surface area contributed by atoms with Gasteiger partial charge in [0.1, 0.15) is 5.82 Å². The van der Waals surface area contributed by atoms with Crippen LogP contribution in [0.4, 0.5) is 0 Å². The monoisotopic (exact) mass is 257 g/mol. The summed E-state index contributed by atoms with van der Waals surface area (Å²) in [6, 6.07) is 10.2. The molecule has 0 unspecified atom stereocenters. The smallest absolute Gasteiger partial charge is 0.120 e. The summed E-state index contributed by atoms with van der Waals surface area (Å²) in [5.74, 6) is 0.704. The third-order valence-electron chi connectivity index (χ3n) is 3.60. The summed E-state index contributed by atoms with van der Waals surface area (Å²) in [6.07, 6.45) is 3.76. The fourth-order valence-electron chi connectivity index (χ4n) is 2.54. The number of likely N-dealkylation sites (tertiary alicyclic amines) is 1. The van der Waals surface area contributed by atoms with Gasteiger partial charge in [-0.25, -0.2) is 0 Å². The van der Waals surface area contributed by atoms with E-state index in [4.69, 9.17) is 5.73 Å². The van der Waals surface area contributed by atoms with Crippen molar-refractivity contribution >= 4 is 5.57 Å². The summed E-state index contributed by atoms with van der Waals surface area (Å²) < 4.78 is 0. The highest BCUT2D eigenvalue weighted by molar-refractivity contribution is 5.77. The maximum atomic E-state index is 6.15. The van der Waals surface area contributed by atoms with Gasteiger partial charge in [0.25, 0.3) is 0 Å². The van der Waals surface area contributed by atoms with E-state index >= 15 is 0 Å². The van der Waals surface area contributed by atoms with Crippen molar-refractivity contribution in [3.05, 3.63) is 54.0 Å². The molecule has 3 heteroatoms. The van der Waals surface area contributed by atoms with Gasteiger partial charge in [0.05, 0.1) is 5.70 Å². The van der Waals surface area contributed by atoms with E-state index in [1.165, 1.54) is 19.3 Å². The predicted octanol–water partition coefficient (Wildman–Crippen LogP) is 2.53. The third kappa shape index (κ3) is 3.11. The Balaban J connectivity index is 2.31. The number of nitrogens with zero attached hydrogens (tertiary/aromatic N) is 1. The highest BCUT2D eigenvalue weighted by atomic mass is 15.2. The van der Waals surface area contributed by atoms with E-state index in [-0.39, 0.29) is 0 Å². The van der Waals surface area contributed by atoms with Gasteiger partial charge in [-0.3, -0.25) is 0 Å². The first-order valence-corrected chi connectivity index (χ1v) is 6.91. The largest absolute Gasteiger partial charge is 0.384 e. The van der Waals surface area contributed by atoms with E-state index in [2.05, 4.69) is 28.9 Å². The Morgan fingerprint density at radius 3 is 2.37 bits per heavy atom. The first-order chi connectivity index (χ1) is 9.24. The number of allylic oxidation sites excluding steroid dienone is 1. The maximum Gasteiger partial charge on any atom is 0.120 e. The number of piperidine rings is 1. The Morgan fingerprint density at radius 2 is 1.79 bits per heavy atom. The van der Waals surface area contributed by atoms with Crippen LogP contribution in [0.15, 0.2) is 48.4 Å². The lowest BCUT2D eigenvalue weighted by molar-refractivity contribution is 0.291. The molecule has 0 bridgehead atoms. The van der Waals surface area contributed by atoms with E-state index in [1.54, 1.807) is 0 Å². The molecule has 1 aromatic carbocycles. The predicted molar refractivity (Wildman–Crippen MR) is 81.2 cm³/mol. The molecule has 3 nitrogen and oxygen atoms in total. The van der Waals surface area contributed by atoms with Gasteiger partial charge in [-0.2, -0.15) is 0 Å². The molecule has 0 aliphatic carbocycles. The summed E-state index contributed by atoms with van der Waals surface area (Å²) in [4.78, 5) is 2.35. The summed E-state index contributed by atoms with van der Waals surface area (Å²) in [7, 11) is 1.86. The van der Waals surface area contributed by atoms with E-state index in [0.717, 1.165) is 29.9 Å². The van der Waals surface area contributed by atoms with Crippen LogP contribution in [0.2, 0.25) is 0 Å². The van der Waals surface area contributed by atoms with Crippen molar-refractivity contribution in [1.82, 2.24) is 10.2 Å². The minimum absolute atomic E-state index is 0.704. The molecule has 2 rings (SSSR count). The lowest BCUT2D eigenvalue weighted by atomic mass is 10.0. The molecule has 1 aliphatic rings. The lowest BCUT2D eigenvalue weighted by Crippen LogP contribution is -2.34.